The maximum Gasteiger partial charge on any atom is 0.141 e. The predicted octanol–water partition coefficient (Wildman–Crippen LogP) is 3.92. The molecule has 20 heavy (non-hydrogen) atoms. The monoisotopic (exact) mass is 272 g/mol. The van der Waals surface area contributed by atoms with Crippen LogP contribution in [0.25, 0.3) is 0 Å². The summed E-state index contributed by atoms with van der Waals surface area (Å²) in [6.07, 6.45) is 1.27. The number of hydrogen-bond acceptors (Lipinski definition) is 2. The quantitative estimate of drug-likeness (QED) is 0.912. The van der Waals surface area contributed by atoms with Crippen molar-refractivity contribution in [1.29, 1.82) is 0 Å². The summed E-state index contributed by atoms with van der Waals surface area (Å²) in [5.74, 6) is -0.308. The number of pyridine rings is 1. The van der Waals surface area contributed by atoms with Gasteiger partial charge in [0.2, 0.25) is 0 Å². The van der Waals surface area contributed by atoms with E-state index in [0.29, 0.717) is 6.04 Å². The molecule has 1 heterocycles. The van der Waals surface area contributed by atoms with Crippen LogP contribution in [0.1, 0.15) is 42.3 Å². The van der Waals surface area contributed by atoms with Crippen LogP contribution in [0, 0.1) is 19.7 Å². The lowest BCUT2D eigenvalue weighted by Gasteiger charge is -2.22. The Hall–Kier alpha value is -1.74. The van der Waals surface area contributed by atoms with Crippen molar-refractivity contribution < 1.29 is 4.39 Å². The fourth-order valence-corrected chi connectivity index (χ4v) is 2.42. The van der Waals surface area contributed by atoms with Gasteiger partial charge in [-0.1, -0.05) is 29.3 Å². The number of benzene rings is 1. The summed E-state index contributed by atoms with van der Waals surface area (Å²) < 4.78 is 13.1. The molecule has 0 aliphatic carbocycles. The molecule has 1 atom stereocenters. The standard InChI is InChI=1S/C17H21FN2/c1-11(2)20-17(16-6-5-15(18)10-19-16)14-8-12(3)7-13(4)9-14/h5-11,17,20H,1-4H3. The zero-order chi connectivity index (χ0) is 14.7. The molecule has 0 bridgehead atoms. The molecule has 2 aromatic rings. The van der Waals surface area contributed by atoms with Crippen LogP contribution in [0.15, 0.2) is 36.5 Å². The number of aromatic nitrogens is 1. The molecule has 106 valence electrons. The highest BCUT2D eigenvalue weighted by molar-refractivity contribution is 5.35. The average Bonchev–Trinajstić information content (AvgIpc) is 2.35. The van der Waals surface area contributed by atoms with Crippen LogP contribution in [0.3, 0.4) is 0 Å². The van der Waals surface area contributed by atoms with Crippen molar-refractivity contribution >= 4 is 0 Å². The average molecular weight is 272 g/mol. The first-order chi connectivity index (χ1) is 9.45. The topological polar surface area (TPSA) is 24.9 Å². The number of nitrogens with zero attached hydrogens (tertiary/aromatic N) is 1. The minimum absolute atomic E-state index is 0.0193. The van der Waals surface area contributed by atoms with Crippen molar-refractivity contribution in [3.63, 3.8) is 0 Å². The van der Waals surface area contributed by atoms with E-state index < -0.39 is 0 Å². The highest BCUT2D eigenvalue weighted by Crippen LogP contribution is 2.23. The van der Waals surface area contributed by atoms with Crippen LogP contribution in [0.2, 0.25) is 0 Å². The van der Waals surface area contributed by atoms with E-state index in [4.69, 9.17) is 0 Å². The molecular formula is C17H21FN2. The summed E-state index contributed by atoms with van der Waals surface area (Å²) in [6, 6.07) is 9.94. The second-order valence-electron chi connectivity index (χ2n) is 5.58. The van der Waals surface area contributed by atoms with Gasteiger partial charge in [-0.3, -0.25) is 4.98 Å². The van der Waals surface area contributed by atoms with E-state index in [2.05, 4.69) is 56.2 Å². The molecule has 2 nitrogen and oxygen atoms in total. The second-order valence-corrected chi connectivity index (χ2v) is 5.58. The molecule has 0 fully saturated rings. The lowest BCUT2D eigenvalue weighted by molar-refractivity contribution is 0.517. The molecular weight excluding hydrogens is 251 g/mol. The first-order valence-electron chi connectivity index (χ1n) is 6.91. The number of rotatable bonds is 4. The Labute approximate surface area is 120 Å². The van der Waals surface area contributed by atoms with Gasteiger partial charge >= 0.3 is 0 Å². The Kier molecular flexibility index (Phi) is 4.50. The van der Waals surface area contributed by atoms with Crippen LogP contribution in [-0.2, 0) is 0 Å². The van der Waals surface area contributed by atoms with Crippen LogP contribution in [-0.4, -0.2) is 11.0 Å². The molecule has 1 aromatic heterocycles. The third-order valence-corrected chi connectivity index (χ3v) is 3.12. The first kappa shape index (κ1) is 14.7. The van der Waals surface area contributed by atoms with E-state index in [-0.39, 0.29) is 11.9 Å². The first-order valence-corrected chi connectivity index (χ1v) is 6.91. The third kappa shape index (κ3) is 3.64. The Balaban J connectivity index is 2.43. The van der Waals surface area contributed by atoms with Crippen molar-refractivity contribution in [2.75, 3.05) is 0 Å². The van der Waals surface area contributed by atoms with Crippen molar-refractivity contribution in [1.82, 2.24) is 10.3 Å². The highest BCUT2D eigenvalue weighted by atomic mass is 19.1. The van der Waals surface area contributed by atoms with Crippen LogP contribution >= 0.6 is 0 Å². The van der Waals surface area contributed by atoms with Crippen LogP contribution in [0.5, 0.6) is 0 Å². The van der Waals surface area contributed by atoms with Gasteiger partial charge in [0.25, 0.3) is 0 Å². The highest BCUT2D eigenvalue weighted by Gasteiger charge is 2.17. The van der Waals surface area contributed by atoms with Gasteiger partial charge in [-0.2, -0.15) is 0 Å². The largest absolute Gasteiger partial charge is 0.303 e. The van der Waals surface area contributed by atoms with E-state index >= 15 is 0 Å². The summed E-state index contributed by atoms with van der Waals surface area (Å²) in [4.78, 5) is 4.23. The van der Waals surface area contributed by atoms with Gasteiger partial charge in [0, 0.05) is 6.04 Å². The minimum atomic E-state index is -0.308. The molecule has 1 N–H and O–H groups in total. The van der Waals surface area contributed by atoms with E-state index in [9.17, 15) is 4.39 Å². The zero-order valence-electron chi connectivity index (χ0n) is 12.4. The summed E-state index contributed by atoms with van der Waals surface area (Å²) >= 11 is 0. The van der Waals surface area contributed by atoms with Crippen molar-refractivity contribution in [2.24, 2.45) is 0 Å². The lowest BCUT2D eigenvalue weighted by Crippen LogP contribution is -2.29. The number of halogens is 1. The molecule has 0 saturated carbocycles. The third-order valence-electron chi connectivity index (χ3n) is 3.12. The fourth-order valence-electron chi connectivity index (χ4n) is 2.42. The van der Waals surface area contributed by atoms with E-state index in [1.165, 1.54) is 23.4 Å². The molecule has 1 unspecified atom stereocenters. The summed E-state index contributed by atoms with van der Waals surface area (Å²) in [7, 11) is 0. The maximum atomic E-state index is 13.1. The molecule has 3 heteroatoms. The van der Waals surface area contributed by atoms with Gasteiger partial charge in [-0.25, -0.2) is 4.39 Å². The van der Waals surface area contributed by atoms with Gasteiger partial charge in [-0.05, 0) is 45.4 Å². The van der Waals surface area contributed by atoms with Gasteiger partial charge in [0.15, 0.2) is 0 Å². The summed E-state index contributed by atoms with van der Waals surface area (Å²) in [5.41, 5.74) is 4.44. The molecule has 0 amide bonds. The van der Waals surface area contributed by atoms with Crippen molar-refractivity contribution in [2.45, 2.75) is 39.8 Å². The molecule has 1 aromatic carbocycles. The Morgan fingerprint density at radius 2 is 1.70 bits per heavy atom. The van der Waals surface area contributed by atoms with Crippen molar-refractivity contribution in [3.05, 3.63) is 64.7 Å². The predicted molar refractivity (Wildman–Crippen MR) is 80.2 cm³/mol. The minimum Gasteiger partial charge on any atom is -0.303 e. The normalized spacial score (nSPS) is 12.7. The summed E-state index contributed by atoms with van der Waals surface area (Å²) in [6.45, 7) is 8.36. The zero-order valence-corrected chi connectivity index (χ0v) is 12.4. The van der Waals surface area contributed by atoms with Gasteiger partial charge in [0.1, 0.15) is 5.82 Å². The number of hydrogen-bond donors (Lipinski definition) is 1. The Morgan fingerprint density at radius 1 is 1.05 bits per heavy atom. The SMILES string of the molecule is Cc1cc(C)cc(C(NC(C)C)c2ccc(F)cn2)c1. The van der Waals surface area contributed by atoms with E-state index in [1.54, 1.807) is 6.07 Å². The molecule has 0 saturated heterocycles. The molecule has 0 aliphatic heterocycles. The molecule has 2 rings (SSSR count). The molecule has 0 radical (unpaired) electrons. The van der Waals surface area contributed by atoms with Crippen LogP contribution in [0.4, 0.5) is 4.39 Å². The number of nitrogens with one attached hydrogen (secondary N) is 1. The summed E-state index contributed by atoms with van der Waals surface area (Å²) in [5, 5.41) is 3.50. The smallest absolute Gasteiger partial charge is 0.141 e. The van der Waals surface area contributed by atoms with Gasteiger partial charge in [0.05, 0.1) is 17.9 Å². The fraction of sp³-hybridized carbons (Fsp3) is 0.353. The van der Waals surface area contributed by atoms with E-state index in [1.807, 2.05) is 0 Å². The van der Waals surface area contributed by atoms with E-state index in [0.717, 1.165) is 11.3 Å². The lowest BCUT2D eigenvalue weighted by atomic mass is 9.98. The van der Waals surface area contributed by atoms with Gasteiger partial charge < -0.3 is 5.32 Å². The van der Waals surface area contributed by atoms with Crippen molar-refractivity contribution in [3.8, 4) is 0 Å². The Bertz CT molecular complexity index is 556. The number of aryl methyl sites for hydroxylation is 2. The molecule has 0 aliphatic rings. The van der Waals surface area contributed by atoms with Crippen LogP contribution < -0.4 is 5.32 Å². The Morgan fingerprint density at radius 3 is 2.20 bits per heavy atom. The maximum absolute atomic E-state index is 13.1. The molecule has 0 spiro atoms. The van der Waals surface area contributed by atoms with Gasteiger partial charge in [-0.15, -0.1) is 0 Å². The second kappa shape index (κ2) is 6.14.